The Balaban J connectivity index is 2.46. The topological polar surface area (TPSA) is 63.1 Å². The van der Waals surface area contributed by atoms with E-state index >= 15 is 0 Å². The maximum atomic E-state index is 11.1. The van der Waals surface area contributed by atoms with E-state index in [1.54, 1.807) is 0 Å². The monoisotopic (exact) mass is 242 g/mol. The van der Waals surface area contributed by atoms with Crippen molar-refractivity contribution in [2.75, 3.05) is 0 Å². The van der Waals surface area contributed by atoms with Gasteiger partial charge in [0.1, 0.15) is 0 Å². The van der Waals surface area contributed by atoms with Crippen LogP contribution in [0.25, 0.3) is 11.4 Å². The molecule has 0 unspecified atom stereocenters. The molecule has 0 bridgehead atoms. The molecule has 1 heterocycles. The van der Waals surface area contributed by atoms with E-state index in [0.29, 0.717) is 17.9 Å². The Kier molecular flexibility index (Phi) is 3.67. The van der Waals surface area contributed by atoms with E-state index in [1.165, 1.54) is 6.20 Å². The lowest BCUT2D eigenvalue weighted by Crippen LogP contribution is -2.07. The van der Waals surface area contributed by atoms with Crippen LogP contribution in [0.2, 0.25) is 0 Å². The summed E-state index contributed by atoms with van der Waals surface area (Å²) in [6.07, 6.45) is 2.89. The number of benzene rings is 1. The maximum Gasteiger partial charge on any atom is 0.339 e. The molecule has 4 nitrogen and oxygen atoms in total. The summed E-state index contributed by atoms with van der Waals surface area (Å²) in [7, 11) is 0. The average molecular weight is 242 g/mol. The van der Waals surface area contributed by atoms with Crippen LogP contribution in [0.5, 0.6) is 0 Å². The van der Waals surface area contributed by atoms with E-state index in [0.717, 1.165) is 12.0 Å². The van der Waals surface area contributed by atoms with Gasteiger partial charge in [0, 0.05) is 11.8 Å². The minimum Gasteiger partial charge on any atom is -0.478 e. The van der Waals surface area contributed by atoms with Gasteiger partial charge in [0.15, 0.2) is 5.82 Å². The van der Waals surface area contributed by atoms with Crippen LogP contribution in [0, 0.1) is 0 Å². The highest BCUT2D eigenvalue weighted by molar-refractivity contribution is 5.88. The number of carbonyl (C=O) groups is 1. The molecule has 0 aliphatic heterocycles. The van der Waals surface area contributed by atoms with Crippen molar-refractivity contribution in [1.29, 1.82) is 0 Å². The second kappa shape index (κ2) is 5.40. The Morgan fingerprint density at radius 2 is 2.00 bits per heavy atom. The Bertz CT molecular complexity index is 553. The summed E-state index contributed by atoms with van der Waals surface area (Å²) in [5.41, 5.74) is 1.68. The number of rotatable bonds is 4. The van der Waals surface area contributed by atoms with Gasteiger partial charge in [-0.25, -0.2) is 14.8 Å². The molecule has 0 amide bonds. The Labute approximate surface area is 105 Å². The molecule has 92 valence electrons. The normalized spacial score (nSPS) is 10.3. The van der Waals surface area contributed by atoms with Gasteiger partial charge in [-0.2, -0.15) is 0 Å². The number of aryl methyl sites for hydroxylation is 1. The predicted octanol–water partition coefficient (Wildman–Crippen LogP) is 2.79. The molecule has 0 saturated carbocycles. The van der Waals surface area contributed by atoms with Gasteiger partial charge in [0.2, 0.25) is 0 Å². The molecular weight excluding hydrogens is 228 g/mol. The van der Waals surface area contributed by atoms with Crippen molar-refractivity contribution in [3.63, 3.8) is 0 Å². The van der Waals surface area contributed by atoms with E-state index < -0.39 is 5.97 Å². The van der Waals surface area contributed by atoms with Crippen molar-refractivity contribution in [2.45, 2.75) is 19.8 Å². The van der Waals surface area contributed by atoms with Crippen molar-refractivity contribution in [3.8, 4) is 11.4 Å². The lowest BCUT2D eigenvalue weighted by molar-refractivity contribution is 0.0694. The van der Waals surface area contributed by atoms with E-state index in [9.17, 15) is 4.79 Å². The van der Waals surface area contributed by atoms with Gasteiger partial charge >= 0.3 is 5.97 Å². The van der Waals surface area contributed by atoms with Crippen LogP contribution in [-0.4, -0.2) is 21.0 Å². The first-order valence-electron chi connectivity index (χ1n) is 5.87. The number of aromatic carboxylic acids is 1. The van der Waals surface area contributed by atoms with Gasteiger partial charge in [0.25, 0.3) is 0 Å². The smallest absolute Gasteiger partial charge is 0.339 e. The third-order valence-corrected chi connectivity index (χ3v) is 2.62. The van der Waals surface area contributed by atoms with Crippen molar-refractivity contribution >= 4 is 5.97 Å². The molecule has 1 aromatic carbocycles. The van der Waals surface area contributed by atoms with Gasteiger partial charge in [-0.3, -0.25) is 0 Å². The number of nitrogens with zero attached hydrogens (tertiary/aromatic N) is 2. The fraction of sp³-hybridized carbons (Fsp3) is 0.214. The van der Waals surface area contributed by atoms with Gasteiger partial charge in [-0.05, 0) is 6.42 Å². The summed E-state index contributed by atoms with van der Waals surface area (Å²) in [6.45, 7) is 2.00. The third-order valence-electron chi connectivity index (χ3n) is 2.62. The van der Waals surface area contributed by atoms with Gasteiger partial charge < -0.3 is 5.11 Å². The number of hydrogen-bond donors (Lipinski definition) is 1. The molecule has 0 spiro atoms. The lowest BCUT2D eigenvalue weighted by Gasteiger charge is -2.06. The molecule has 1 aromatic heterocycles. The summed E-state index contributed by atoms with van der Waals surface area (Å²) < 4.78 is 0. The zero-order valence-electron chi connectivity index (χ0n) is 10.1. The van der Waals surface area contributed by atoms with Crippen LogP contribution in [0.4, 0.5) is 0 Å². The van der Waals surface area contributed by atoms with Gasteiger partial charge in [0.05, 0.1) is 11.3 Å². The van der Waals surface area contributed by atoms with E-state index in [4.69, 9.17) is 5.11 Å². The molecule has 2 aromatic rings. The summed E-state index contributed by atoms with van der Waals surface area (Å²) >= 11 is 0. The zero-order valence-corrected chi connectivity index (χ0v) is 10.1. The highest BCUT2D eigenvalue weighted by atomic mass is 16.4. The lowest BCUT2D eigenvalue weighted by atomic mass is 10.1. The minimum atomic E-state index is -0.974. The first-order chi connectivity index (χ1) is 8.72. The van der Waals surface area contributed by atoms with E-state index in [2.05, 4.69) is 9.97 Å². The molecule has 4 heteroatoms. The Hall–Kier alpha value is -2.23. The first-order valence-corrected chi connectivity index (χ1v) is 5.87. The second-order valence-corrected chi connectivity index (χ2v) is 3.98. The maximum absolute atomic E-state index is 11.1. The quantitative estimate of drug-likeness (QED) is 0.895. The number of aromatic nitrogens is 2. The standard InChI is InChI=1S/C14H14N2O2/c1-2-6-12-11(14(17)18)9-15-13(16-12)10-7-4-3-5-8-10/h3-5,7-9H,2,6H2,1H3,(H,17,18). The van der Waals surface area contributed by atoms with Crippen LogP contribution in [-0.2, 0) is 6.42 Å². The molecule has 1 N–H and O–H groups in total. The first kappa shape index (κ1) is 12.2. The molecular formula is C14H14N2O2. The molecule has 0 radical (unpaired) electrons. The second-order valence-electron chi connectivity index (χ2n) is 3.98. The fourth-order valence-corrected chi connectivity index (χ4v) is 1.75. The molecule has 0 saturated heterocycles. The van der Waals surface area contributed by atoms with Crippen LogP contribution in [0.1, 0.15) is 29.4 Å². The molecule has 0 atom stereocenters. The Morgan fingerprint density at radius 3 is 2.61 bits per heavy atom. The predicted molar refractivity (Wildman–Crippen MR) is 68.4 cm³/mol. The molecule has 0 aliphatic carbocycles. The summed E-state index contributed by atoms with van der Waals surface area (Å²) in [6, 6.07) is 9.55. The van der Waals surface area contributed by atoms with Crippen molar-refractivity contribution in [1.82, 2.24) is 9.97 Å². The highest BCUT2D eigenvalue weighted by Crippen LogP contribution is 2.17. The molecule has 2 rings (SSSR count). The van der Waals surface area contributed by atoms with Crippen LogP contribution in [0.15, 0.2) is 36.5 Å². The van der Waals surface area contributed by atoms with Crippen LogP contribution in [0.3, 0.4) is 0 Å². The number of carboxylic acid groups (broad SMARTS) is 1. The van der Waals surface area contributed by atoms with Crippen molar-refractivity contribution in [3.05, 3.63) is 47.8 Å². The van der Waals surface area contributed by atoms with E-state index in [1.807, 2.05) is 37.3 Å². The van der Waals surface area contributed by atoms with Crippen molar-refractivity contribution in [2.24, 2.45) is 0 Å². The highest BCUT2D eigenvalue weighted by Gasteiger charge is 2.13. The minimum absolute atomic E-state index is 0.191. The Morgan fingerprint density at radius 1 is 1.28 bits per heavy atom. The summed E-state index contributed by atoms with van der Waals surface area (Å²) in [5.74, 6) is -0.401. The van der Waals surface area contributed by atoms with Gasteiger partial charge in [-0.15, -0.1) is 0 Å². The van der Waals surface area contributed by atoms with Crippen LogP contribution < -0.4 is 0 Å². The zero-order chi connectivity index (χ0) is 13.0. The van der Waals surface area contributed by atoms with Crippen molar-refractivity contribution < 1.29 is 9.90 Å². The fourth-order valence-electron chi connectivity index (χ4n) is 1.75. The number of hydrogen-bond acceptors (Lipinski definition) is 3. The number of carboxylic acids is 1. The summed E-state index contributed by atoms with van der Waals surface area (Å²) in [4.78, 5) is 19.5. The summed E-state index contributed by atoms with van der Waals surface area (Å²) in [5, 5.41) is 9.07. The SMILES string of the molecule is CCCc1nc(-c2ccccc2)ncc1C(=O)O. The molecule has 0 aliphatic rings. The molecule has 18 heavy (non-hydrogen) atoms. The molecule has 0 fully saturated rings. The third kappa shape index (κ3) is 2.53. The largest absolute Gasteiger partial charge is 0.478 e. The average Bonchev–Trinajstić information content (AvgIpc) is 2.40. The van der Waals surface area contributed by atoms with E-state index in [-0.39, 0.29) is 5.56 Å². The van der Waals surface area contributed by atoms with Gasteiger partial charge in [-0.1, -0.05) is 43.7 Å². The van der Waals surface area contributed by atoms with Crippen LogP contribution >= 0.6 is 0 Å².